The first-order valence-electron chi connectivity index (χ1n) is 10.1. The molecule has 1 aliphatic heterocycles. The van der Waals surface area contributed by atoms with Crippen molar-refractivity contribution in [2.75, 3.05) is 18.4 Å². The van der Waals surface area contributed by atoms with Gasteiger partial charge in [0, 0.05) is 24.2 Å². The molecule has 150 valence electrons. The van der Waals surface area contributed by atoms with Gasteiger partial charge < -0.3 is 0 Å². The van der Waals surface area contributed by atoms with E-state index < -0.39 is 0 Å². The van der Waals surface area contributed by atoms with Crippen LogP contribution in [0, 0.1) is 12.8 Å². The van der Waals surface area contributed by atoms with Gasteiger partial charge in [0.25, 0.3) is 5.91 Å². The van der Waals surface area contributed by atoms with E-state index in [1.54, 1.807) is 0 Å². The normalized spacial score (nSPS) is 17.2. The number of rotatable bonds is 5. The molecule has 1 fully saturated rings. The molecule has 6 heteroatoms. The first kappa shape index (κ1) is 19.7. The van der Waals surface area contributed by atoms with Crippen LogP contribution in [0.15, 0.2) is 48.5 Å². The molecule has 0 aliphatic carbocycles. The number of benzene rings is 2. The molecule has 0 radical (unpaired) electrons. The molecule has 5 nitrogen and oxygen atoms in total. The van der Waals surface area contributed by atoms with Crippen LogP contribution in [0.4, 0.5) is 5.13 Å². The number of nitrogens with zero attached hydrogens (tertiary/aromatic N) is 3. The van der Waals surface area contributed by atoms with Crippen molar-refractivity contribution in [1.82, 2.24) is 15.1 Å². The van der Waals surface area contributed by atoms with Gasteiger partial charge in [-0.3, -0.25) is 15.0 Å². The maximum absolute atomic E-state index is 12.6. The Bertz CT molecular complexity index is 965. The summed E-state index contributed by atoms with van der Waals surface area (Å²) < 4.78 is 0. The zero-order chi connectivity index (χ0) is 20.2. The highest BCUT2D eigenvalue weighted by Gasteiger charge is 2.16. The van der Waals surface area contributed by atoms with E-state index in [-0.39, 0.29) is 5.91 Å². The topological polar surface area (TPSA) is 58.1 Å². The Morgan fingerprint density at radius 1 is 1.14 bits per heavy atom. The quantitative estimate of drug-likeness (QED) is 0.648. The van der Waals surface area contributed by atoms with E-state index in [1.165, 1.54) is 35.3 Å². The largest absolute Gasteiger partial charge is 0.299 e. The molecule has 1 N–H and O–H groups in total. The molecular formula is C23H26N4OS. The minimum atomic E-state index is -0.158. The van der Waals surface area contributed by atoms with Crippen LogP contribution < -0.4 is 5.32 Å². The van der Waals surface area contributed by atoms with Crippen molar-refractivity contribution in [3.8, 4) is 10.6 Å². The molecule has 0 saturated carbocycles. The Balaban J connectivity index is 1.37. The highest BCUT2D eigenvalue weighted by molar-refractivity contribution is 7.18. The van der Waals surface area contributed by atoms with E-state index >= 15 is 0 Å². The summed E-state index contributed by atoms with van der Waals surface area (Å²) in [7, 11) is 0. The zero-order valence-electron chi connectivity index (χ0n) is 16.9. The Kier molecular flexibility index (Phi) is 6.02. The van der Waals surface area contributed by atoms with Crippen LogP contribution >= 0.6 is 11.3 Å². The predicted molar refractivity (Wildman–Crippen MR) is 118 cm³/mol. The lowest BCUT2D eigenvalue weighted by atomic mass is 9.99. The van der Waals surface area contributed by atoms with Crippen LogP contribution in [-0.4, -0.2) is 34.1 Å². The van der Waals surface area contributed by atoms with Crippen LogP contribution in [0.25, 0.3) is 10.6 Å². The van der Waals surface area contributed by atoms with Crippen molar-refractivity contribution >= 4 is 22.4 Å². The molecule has 1 aliphatic rings. The lowest BCUT2D eigenvalue weighted by molar-refractivity contribution is 0.102. The number of anilines is 1. The fraction of sp³-hybridized carbons (Fsp3) is 0.348. The molecular weight excluding hydrogens is 380 g/mol. The molecule has 0 spiro atoms. The second-order valence-electron chi connectivity index (χ2n) is 7.91. The van der Waals surface area contributed by atoms with Crippen molar-refractivity contribution in [3.63, 3.8) is 0 Å². The summed E-state index contributed by atoms with van der Waals surface area (Å²) in [5.74, 6) is 0.611. The second kappa shape index (κ2) is 8.84. The van der Waals surface area contributed by atoms with Gasteiger partial charge in [-0.05, 0) is 49.9 Å². The molecule has 1 atom stereocenters. The molecule has 29 heavy (non-hydrogen) atoms. The maximum atomic E-state index is 12.6. The molecule has 1 saturated heterocycles. The molecule has 2 heterocycles. The number of piperidine rings is 1. The van der Waals surface area contributed by atoms with E-state index in [0.717, 1.165) is 36.1 Å². The Labute approximate surface area is 175 Å². The molecule has 3 aromatic rings. The van der Waals surface area contributed by atoms with Crippen LogP contribution in [-0.2, 0) is 6.54 Å². The number of aryl methyl sites for hydroxylation is 1. The third-order valence-electron chi connectivity index (χ3n) is 5.31. The highest BCUT2D eigenvalue weighted by atomic mass is 32.1. The summed E-state index contributed by atoms with van der Waals surface area (Å²) in [6.45, 7) is 7.63. The first-order valence-corrected chi connectivity index (χ1v) is 10.9. The summed E-state index contributed by atoms with van der Waals surface area (Å²) in [4.78, 5) is 15.1. The van der Waals surface area contributed by atoms with Gasteiger partial charge in [0.05, 0.1) is 0 Å². The summed E-state index contributed by atoms with van der Waals surface area (Å²) in [5, 5.41) is 12.5. The van der Waals surface area contributed by atoms with Crippen LogP contribution in [0.2, 0.25) is 0 Å². The second-order valence-corrected chi connectivity index (χ2v) is 8.89. The van der Waals surface area contributed by atoms with Crippen LogP contribution in [0.3, 0.4) is 0 Å². The van der Waals surface area contributed by atoms with Gasteiger partial charge in [-0.2, -0.15) is 0 Å². The van der Waals surface area contributed by atoms with Crippen molar-refractivity contribution in [3.05, 3.63) is 65.2 Å². The van der Waals surface area contributed by atoms with Gasteiger partial charge in [0.1, 0.15) is 5.01 Å². The summed E-state index contributed by atoms with van der Waals surface area (Å²) in [6.07, 6.45) is 2.60. The SMILES string of the molecule is Cc1ccc(-c2nnc(NC(=O)c3ccc(CN4CCCC(C)C4)cc3)s2)cc1. The van der Waals surface area contributed by atoms with Gasteiger partial charge in [-0.1, -0.05) is 60.2 Å². The van der Waals surface area contributed by atoms with Crippen molar-refractivity contribution < 1.29 is 4.79 Å². The number of nitrogens with one attached hydrogen (secondary N) is 1. The minimum Gasteiger partial charge on any atom is -0.299 e. The molecule has 1 aromatic heterocycles. The molecule has 4 rings (SSSR count). The highest BCUT2D eigenvalue weighted by Crippen LogP contribution is 2.27. The zero-order valence-corrected chi connectivity index (χ0v) is 17.7. The van der Waals surface area contributed by atoms with Gasteiger partial charge in [-0.25, -0.2) is 0 Å². The summed E-state index contributed by atoms with van der Waals surface area (Å²) in [6, 6.07) is 16.0. The Morgan fingerprint density at radius 3 is 2.62 bits per heavy atom. The monoisotopic (exact) mass is 406 g/mol. The van der Waals surface area contributed by atoms with E-state index in [4.69, 9.17) is 0 Å². The van der Waals surface area contributed by atoms with E-state index in [0.29, 0.717) is 10.7 Å². The number of hydrogen-bond donors (Lipinski definition) is 1. The number of carbonyl (C=O) groups is 1. The lowest BCUT2D eigenvalue weighted by Gasteiger charge is -2.30. The number of likely N-dealkylation sites (tertiary alicyclic amines) is 1. The standard InChI is InChI=1S/C23H26N4OS/c1-16-5-9-20(10-6-16)22-25-26-23(29-22)24-21(28)19-11-7-18(8-12-19)15-27-13-3-4-17(2)14-27/h5-12,17H,3-4,13-15H2,1-2H3,(H,24,26,28). The third kappa shape index (κ3) is 5.08. The molecule has 0 bridgehead atoms. The molecule has 1 amide bonds. The van der Waals surface area contributed by atoms with Gasteiger partial charge in [0.2, 0.25) is 5.13 Å². The number of carbonyl (C=O) groups excluding carboxylic acids is 1. The average molecular weight is 407 g/mol. The van der Waals surface area contributed by atoms with Crippen molar-refractivity contribution in [2.24, 2.45) is 5.92 Å². The van der Waals surface area contributed by atoms with Crippen molar-refractivity contribution in [1.29, 1.82) is 0 Å². The lowest BCUT2D eigenvalue weighted by Crippen LogP contribution is -2.33. The summed E-state index contributed by atoms with van der Waals surface area (Å²) >= 11 is 1.38. The smallest absolute Gasteiger partial charge is 0.257 e. The van der Waals surface area contributed by atoms with E-state index in [1.807, 2.05) is 55.5 Å². The van der Waals surface area contributed by atoms with Crippen LogP contribution in [0.1, 0.15) is 41.3 Å². The fourth-order valence-corrected chi connectivity index (χ4v) is 4.45. The minimum absolute atomic E-state index is 0.158. The first-order chi connectivity index (χ1) is 14.1. The van der Waals surface area contributed by atoms with E-state index in [2.05, 4.69) is 27.3 Å². The number of aromatic nitrogens is 2. The number of hydrogen-bond acceptors (Lipinski definition) is 5. The van der Waals surface area contributed by atoms with Crippen molar-refractivity contribution in [2.45, 2.75) is 33.2 Å². The van der Waals surface area contributed by atoms with E-state index in [9.17, 15) is 4.79 Å². The predicted octanol–water partition coefficient (Wildman–Crippen LogP) is 5.00. The Hall–Kier alpha value is -2.57. The average Bonchev–Trinajstić information content (AvgIpc) is 3.17. The van der Waals surface area contributed by atoms with Gasteiger partial charge in [-0.15, -0.1) is 10.2 Å². The van der Waals surface area contributed by atoms with Crippen LogP contribution in [0.5, 0.6) is 0 Å². The molecule has 2 aromatic carbocycles. The third-order valence-corrected chi connectivity index (χ3v) is 6.20. The fourth-order valence-electron chi connectivity index (χ4n) is 3.71. The maximum Gasteiger partial charge on any atom is 0.257 e. The summed E-state index contributed by atoms with van der Waals surface area (Å²) in [5.41, 5.74) is 4.08. The van der Waals surface area contributed by atoms with Gasteiger partial charge in [0.15, 0.2) is 0 Å². The number of amides is 1. The Morgan fingerprint density at radius 2 is 1.90 bits per heavy atom. The molecule has 1 unspecified atom stereocenters. The van der Waals surface area contributed by atoms with Gasteiger partial charge >= 0.3 is 0 Å².